The predicted molar refractivity (Wildman–Crippen MR) is 87.1 cm³/mol. The molecule has 128 valence electrons. The van der Waals surface area contributed by atoms with Gasteiger partial charge in [0.2, 0.25) is 0 Å². The Hall–Kier alpha value is -3.42. The van der Waals surface area contributed by atoms with E-state index in [2.05, 4.69) is 15.7 Å². The van der Waals surface area contributed by atoms with Gasteiger partial charge in [-0.2, -0.15) is 5.10 Å². The van der Waals surface area contributed by atoms with Crippen molar-refractivity contribution in [1.82, 2.24) is 15.1 Å². The lowest BCUT2D eigenvalue weighted by Crippen LogP contribution is -2.38. The summed E-state index contributed by atoms with van der Waals surface area (Å²) >= 11 is 0. The molecule has 0 radical (unpaired) electrons. The van der Waals surface area contributed by atoms with Crippen LogP contribution in [0.4, 0.5) is 10.1 Å². The topological polar surface area (TPSA) is 89.2 Å². The molecule has 0 bridgehead atoms. The van der Waals surface area contributed by atoms with Gasteiger partial charge in [0.15, 0.2) is 0 Å². The van der Waals surface area contributed by atoms with E-state index in [1.54, 1.807) is 35.3 Å². The molecule has 0 aliphatic rings. The largest absolute Gasteiger partial charge is 0.467 e. The molecule has 0 spiro atoms. The van der Waals surface area contributed by atoms with Crippen LogP contribution < -0.4 is 10.6 Å². The van der Waals surface area contributed by atoms with Crippen LogP contribution in [0.3, 0.4) is 0 Å². The number of carbonyl (C=O) groups excluding carboxylic acids is 2. The van der Waals surface area contributed by atoms with Crippen LogP contribution >= 0.6 is 0 Å². The zero-order valence-electron chi connectivity index (χ0n) is 13.1. The first-order chi connectivity index (χ1) is 12.1. The molecule has 1 unspecified atom stereocenters. The second-order valence-corrected chi connectivity index (χ2v) is 5.19. The molecule has 2 heterocycles. The molecule has 0 saturated heterocycles. The first kappa shape index (κ1) is 16.4. The van der Waals surface area contributed by atoms with Gasteiger partial charge in [-0.15, -0.1) is 0 Å². The number of aromatic nitrogens is 2. The first-order valence-corrected chi connectivity index (χ1v) is 7.51. The third kappa shape index (κ3) is 4.11. The summed E-state index contributed by atoms with van der Waals surface area (Å²) in [6.45, 7) is 0.102. The second-order valence-electron chi connectivity index (χ2n) is 5.19. The average molecular weight is 342 g/mol. The molecule has 3 aromatic rings. The zero-order chi connectivity index (χ0) is 17.6. The molecule has 8 heteroatoms. The number of nitrogens with zero attached hydrogens (tertiary/aromatic N) is 2. The summed E-state index contributed by atoms with van der Waals surface area (Å²) in [5.41, 5.74) is 0.204. The van der Waals surface area contributed by atoms with E-state index in [4.69, 9.17) is 4.42 Å². The summed E-state index contributed by atoms with van der Waals surface area (Å²) in [6, 6.07) is 10.1. The maximum atomic E-state index is 13.1. The van der Waals surface area contributed by atoms with Crippen molar-refractivity contribution in [1.29, 1.82) is 0 Å². The van der Waals surface area contributed by atoms with Gasteiger partial charge in [-0.05, 0) is 36.4 Å². The summed E-state index contributed by atoms with van der Waals surface area (Å²) in [7, 11) is 0. The number of amides is 2. The van der Waals surface area contributed by atoms with Crippen molar-refractivity contribution in [2.75, 3.05) is 11.9 Å². The number of benzene rings is 1. The fourth-order valence-corrected chi connectivity index (χ4v) is 2.29. The van der Waals surface area contributed by atoms with Crippen molar-refractivity contribution in [3.05, 3.63) is 72.7 Å². The Bertz CT molecular complexity index is 812. The fraction of sp³-hybridized carbons (Fsp3) is 0.118. The Balaban J connectivity index is 1.62. The maximum Gasteiger partial charge on any atom is 0.313 e. The monoisotopic (exact) mass is 342 g/mol. The molecule has 2 aromatic heterocycles. The molecule has 0 fully saturated rings. The van der Waals surface area contributed by atoms with E-state index in [1.165, 1.54) is 24.5 Å². The summed E-state index contributed by atoms with van der Waals surface area (Å²) in [4.78, 5) is 23.9. The van der Waals surface area contributed by atoms with Crippen LogP contribution in [-0.2, 0) is 9.59 Å². The van der Waals surface area contributed by atoms with Gasteiger partial charge in [-0.25, -0.2) is 4.39 Å². The highest BCUT2D eigenvalue weighted by Crippen LogP contribution is 2.17. The van der Waals surface area contributed by atoms with Gasteiger partial charge >= 0.3 is 11.8 Å². The van der Waals surface area contributed by atoms with Crippen molar-refractivity contribution < 1.29 is 18.4 Å². The minimum absolute atomic E-state index is 0.102. The Labute approximate surface area is 142 Å². The van der Waals surface area contributed by atoms with E-state index < -0.39 is 23.7 Å². The molecular weight excluding hydrogens is 327 g/mol. The summed E-state index contributed by atoms with van der Waals surface area (Å²) in [5, 5.41) is 9.00. The number of halogens is 1. The first-order valence-electron chi connectivity index (χ1n) is 7.51. The van der Waals surface area contributed by atoms with Crippen molar-refractivity contribution in [2.24, 2.45) is 0 Å². The number of nitrogens with one attached hydrogen (secondary N) is 2. The Kier molecular flexibility index (Phi) is 4.89. The maximum absolute atomic E-state index is 13.1. The van der Waals surface area contributed by atoms with Crippen molar-refractivity contribution >= 4 is 17.5 Å². The van der Waals surface area contributed by atoms with Crippen molar-refractivity contribution in [3.8, 4) is 0 Å². The quantitative estimate of drug-likeness (QED) is 0.694. The van der Waals surface area contributed by atoms with Crippen LogP contribution in [0.2, 0.25) is 0 Å². The number of rotatable bonds is 5. The molecule has 1 aromatic carbocycles. The van der Waals surface area contributed by atoms with Gasteiger partial charge in [0.1, 0.15) is 17.6 Å². The molecule has 1 atom stereocenters. The third-order valence-electron chi connectivity index (χ3n) is 3.46. The van der Waals surface area contributed by atoms with Gasteiger partial charge < -0.3 is 15.1 Å². The van der Waals surface area contributed by atoms with E-state index in [9.17, 15) is 14.0 Å². The van der Waals surface area contributed by atoms with Gasteiger partial charge in [-0.3, -0.25) is 14.3 Å². The molecule has 25 heavy (non-hydrogen) atoms. The van der Waals surface area contributed by atoms with E-state index in [0.29, 0.717) is 5.76 Å². The van der Waals surface area contributed by atoms with E-state index >= 15 is 0 Å². The Morgan fingerprint density at radius 1 is 1.20 bits per heavy atom. The zero-order valence-corrected chi connectivity index (χ0v) is 13.1. The Morgan fingerprint density at radius 3 is 2.76 bits per heavy atom. The summed E-state index contributed by atoms with van der Waals surface area (Å²) in [5.74, 6) is -1.64. The van der Waals surface area contributed by atoms with Crippen molar-refractivity contribution in [3.63, 3.8) is 0 Å². The highest BCUT2D eigenvalue weighted by Gasteiger charge is 2.20. The molecule has 0 saturated carbocycles. The standard InChI is InChI=1S/C17H15FN4O3/c18-12-4-1-5-13(10-12)21-17(24)16(23)19-11-14(15-6-2-9-25-15)22-8-3-7-20-22/h1-10,14H,11H2,(H,19,23)(H,21,24). The van der Waals surface area contributed by atoms with E-state index in [1.807, 2.05) is 0 Å². The highest BCUT2D eigenvalue weighted by atomic mass is 19.1. The fourth-order valence-electron chi connectivity index (χ4n) is 2.29. The lowest BCUT2D eigenvalue weighted by atomic mass is 10.2. The van der Waals surface area contributed by atoms with Crippen LogP contribution in [0.15, 0.2) is 65.5 Å². The lowest BCUT2D eigenvalue weighted by Gasteiger charge is -2.16. The van der Waals surface area contributed by atoms with Gasteiger partial charge in [0, 0.05) is 24.6 Å². The van der Waals surface area contributed by atoms with Gasteiger partial charge in [0.25, 0.3) is 0 Å². The van der Waals surface area contributed by atoms with E-state index in [-0.39, 0.29) is 12.2 Å². The number of furan rings is 1. The van der Waals surface area contributed by atoms with Crippen LogP contribution in [0.1, 0.15) is 11.8 Å². The lowest BCUT2D eigenvalue weighted by molar-refractivity contribution is -0.136. The number of hydrogen-bond donors (Lipinski definition) is 2. The molecule has 0 aliphatic heterocycles. The molecule has 2 N–H and O–H groups in total. The SMILES string of the molecule is O=C(NCC(c1ccco1)n1cccn1)C(=O)Nc1cccc(F)c1. The van der Waals surface area contributed by atoms with Crippen LogP contribution in [0.25, 0.3) is 0 Å². The molecule has 2 amide bonds. The minimum atomic E-state index is -0.885. The van der Waals surface area contributed by atoms with Crippen LogP contribution in [0, 0.1) is 5.82 Å². The van der Waals surface area contributed by atoms with Crippen molar-refractivity contribution in [2.45, 2.75) is 6.04 Å². The number of anilines is 1. The Morgan fingerprint density at radius 2 is 2.08 bits per heavy atom. The second kappa shape index (κ2) is 7.43. The smallest absolute Gasteiger partial charge is 0.313 e. The van der Waals surface area contributed by atoms with Gasteiger partial charge in [-0.1, -0.05) is 6.07 Å². The number of hydrogen-bond acceptors (Lipinski definition) is 4. The number of carbonyl (C=O) groups is 2. The minimum Gasteiger partial charge on any atom is -0.467 e. The summed E-state index contributed by atoms with van der Waals surface area (Å²) < 4.78 is 20.1. The summed E-state index contributed by atoms with van der Waals surface area (Å²) in [6.07, 6.45) is 4.85. The molecule has 7 nitrogen and oxygen atoms in total. The van der Waals surface area contributed by atoms with Crippen LogP contribution in [-0.4, -0.2) is 28.1 Å². The molecule has 0 aliphatic carbocycles. The molecular formula is C17H15FN4O3. The highest BCUT2D eigenvalue weighted by molar-refractivity contribution is 6.39. The third-order valence-corrected chi connectivity index (χ3v) is 3.46. The molecule has 3 rings (SSSR count). The normalized spacial score (nSPS) is 11.7. The predicted octanol–water partition coefficient (Wildman–Crippen LogP) is 1.96. The van der Waals surface area contributed by atoms with E-state index in [0.717, 1.165) is 6.07 Å². The average Bonchev–Trinajstić information content (AvgIpc) is 3.29. The van der Waals surface area contributed by atoms with Crippen LogP contribution in [0.5, 0.6) is 0 Å². The van der Waals surface area contributed by atoms with Gasteiger partial charge in [0.05, 0.1) is 6.26 Å².